The van der Waals surface area contributed by atoms with E-state index in [1.54, 1.807) is 6.07 Å². The van der Waals surface area contributed by atoms with E-state index in [4.69, 9.17) is 23.2 Å². The van der Waals surface area contributed by atoms with E-state index < -0.39 is 0 Å². The van der Waals surface area contributed by atoms with Gasteiger partial charge in [0.25, 0.3) is 0 Å². The van der Waals surface area contributed by atoms with Gasteiger partial charge in [-0.1, -0.05) is 39.7 Å². The number of anilines is 1. The molecule has 0 aliphatic carbocycles. The van der Waals surface area contributed by atoms with E-state index in [2.05, 4.69) is 26.3 Å². The molecule has 5 N–H and O–H groups in total. The van der Waals surface area contributed by atoms with Crippen molar-refractivity contribution in [3.8, 4) is 0 Å². The number of nitrogens with two attached hydrogens (primary N) is 2. The third-order valence-corrected chi connectivity index (χ3v) is 3.28. The fourth-order valence-corrected chi connectivity index (χ4v) is 2.33. The number of hydrogen-bond donors (Lipinski definition) is 3. The van der Waals surface area contributed by atoms with Gasteiger partial charge < -0.3 is 5.73 Å². The van der Waals surface area contributed by atoms with Gasteiger partial charge in [0.2, 0.25) is 0 Å². The topological polar surface area (TPSA) is 77.0 Å². The third kappa shape index (κ3) is 2.81. The molecule has 0 fully saturated rings. The molecule has 1 aromatic heterocycles. The van der Waals surface area contributed by atoms with E-state index in [0.29, 0.717) is 10.8 Å². The molecule has 0 aliphatic heterocycles. The molecule has 1 unspecified atom stereocenters. The van der Waals surface area contributed by atoms with Crippen LogP contribution >= 0.6 is 27.5 Å². The number of halogens is 2. The predicted octanol–water partition coefficient (Wildman–Crippen LogP) is 2.63. The first-order valence-electron chi connectivity index (χ1n) is 5.24. The molecule has 0 radical (unpaired) electrons. The highest BCUT2D eigenvalue weighted by Crippen LogP contribution is 2.28. The minimum atomic E-state index is -0.256. The molecule has 1 aromatic carbocycles. The molecule has 0 saturated heterocycles. The molecule has 1 atom stereocenters. The Balaban J connectivity index is 2.48. The van der Waals surface area contributed by atoms with E-state index >= 15 is 0 Å². The van der Waals surface area contributed by atoms with Crippen molar-refractivity contribution in [3.05, 3.63) is 57.2 Å². The van der Waals surface area contributed by atoms with E-state index in [1.165, 1.54) is 6.20 Å². The van der Waals surface area contributed by atoms with Crippen LogP contribution in [0.5, 0.6) is 0 Å². The molecule has 1 heterocycles. The lowest BCUT2D eigenvalue weighted by Gasteiger charge is -2.18. The molecular weight excluding hydrogens is 316 g/mol. The molecule has 0 saturated carbocycles. The zero-order valence-corrected chi connectivity index (χ0v) is 11.7. The highest BCUT2D eigenvalue weighted by atomic mass is 79.9. The molecule has 6 heteroatoms. The highest BCUT2D eigenvalue weighted by Gasteiger charge is 2.16. The Morgan fingerprint density at radius 2 is 2.11 bits per heavy atom. The predicted molar refractivity (Wildman–Crippen MR) is 77.0 cm³/mol. The second-order valence-electron chi connectivity index (χ2n) is 3.78. The molecule has 18 heavy (non-hydrogen) atoms. The summed E-state index contributed by atoms with van der Waals surface area (Å²) in [5.74, 6) is 6.02. The number of benzene rings is 1. The Hall–Kier alpha value is -1.14. The Morgan fingerprint density at radius 1 is 1.33 bits per heavy atom. The zero-order valence-electron chi connectivity index (χ0n) is 9.40. The summed E-state index contributed by atoms with van der Waals surface area (Å²) < 4.78 is 0.966. The van der Waals surface area contributed by atoms with Crippen LogP contribution in [0.3, 0.4) is 0 Å². The lowest BCUT2D eigenvalue weighted by atomic mass is 10.00. The molecule has 2 rings (SSSR count). The van der Waals surface area contributed by atoms with Gasteiger partial charge in [0.1, 0.15) is 5.82 Å². The average molecular weight is 328 g/mol. The Kier molecular flexibility index (Phi) is 4.19. The molecule has 0 aliphatic rings. The maximum Gasteiger partial charge on any atom is 0.128 e. The average Bonchev–Trinajstić information content (AvgIpc) is 2.35. The molecule has 0 bridgehead atoms. The number of rotatable bonds is 3. The minimum absolute atomic E-state index is 0.256. The van der Waals surface area contributed by atoms with Crippen molar-refractivity contribution < 1.29 is 0 Å². The van der Waals surface area contributed by atoms with Gasteiger partial charge in [-0.25, -0.2) is 10.4 Å². The maximum absolute atomic E-state index is 5.94. The summed E-state index contributed by atoms with van der Waals surface area (Å²) in [5.41, 5.74) is 10.3. The van der Waals surface area contributed by atoms with E-state index in [-0.39, 0.29) is 6.04 Å². The lowest BCUT2D eigenvalue weighted by Crippen LogP contribution is -2.29. The summed E-state index contributed by atoms with van der Waals surface area (Å²) in [5, 5.41) is 0.523. The second kappa shape index (κ2) is 5.67. The summed E-state index contributed by atoms with van der Waals surface area (Å²) in [6, 6.07) is 9.29. The highest BCUT2D eigenvalue weighted by molar-refractivity contribution is 9.10. The van der Waals surface area contributed by atoms with Crippen LogP contribution in [0, 0.1) is 0 Å². The van der Waals surface area contributed by atoms with Crippen molar-refractivity contribution >= 4 is 33.3 Å². The van der Waals surface area contributed by atoms with Gasteiger partial charge in [0.15, 0.2) is 0 Å². The van der Waals surface area contributed by atoms with Crippen LogP contribution in [-0.4, -0.2) is 4.98 Å². The number of pyridine rings is 1. The normalized spacial score (nSPS) is 12.4. The zero-order chi connectivity index (χ0) is 13.1. The molecule has 0 amide bonds. The largest absolute Gasteiger partial charge is 0.383 e. The first kappa shape index (κ1) is 13.3. The van der Waals surface area contributed by atoms with Gasteiger partial charge in [-0.05, 0) is 23.8 Å². The summed E-state index contributed by atoms with van der Waals surface area (Å²) in [7, 11) is 0. The van der Waals surface area contributed by atoms with Crippen molar-refractivity contribution in [3.63, 3.8) is 0 Å². The van der Waals surface area contributed by atoms with Crippen molar-refractivity contribution in [2.24, 2.45) is 5.84 Å². The summed E-state index contributed by atoms with van der Waals surface area (Å²) in [6.45, 7) is 0. The van der Waals surface area contributed by atoms with Gasteiger partial charge in [-0.3, -0.25) is 5.84 Å². The summed E-state index contributed by atoms with van der Waals surface area (Å²) in [4.78, 5) is 4.03. The monoisotopic (exact) mass is 326 g/mol. The van der Waals surface area contributed by atoms with Gasteiger partial charge in [-0.2, -0.15) is 0 Å². The van der Waals surface area contributed by atoms with Crippen LogP contribution in [0.15, 0.2) is 41.0 Å². The van der Waals surface area contributed by atoms with Crippen LogP contribution in [-0.2, 0) is 0 Å². The van der Waals surface area contributed by atoms with Crippen LogP contribution < -0.4 is 17.0 Å². The fraction of sp³-hybridized carbons (Fsp3) is 0.0833. The van der Waals surface area contributed by atoms with E-state index in [9.17, 15) is 0 Å². The van der Waals surface area contributed by atoms with Crippen LogP contribution in [0.4, 0.5) is 5.82 Å². The maximum atomic E-state index is 5.94. The molecule has 4 nitrogen and oxygen atoms in total. The number of nitrogen functional groups attached to an aromatic ring is 1. The SMILES string of the molecule is NNC(c1cccc(Br)c1)c1cc(Cl)cnc1N. The number of nitrogens with one attached hydrogen (secondary N) is 1. The molecular formula is C12H12BrClN4. The van der Waals surface area contributed by atoms with Crippen LogP contribution in [0.2, 0.25) is 5.02 Å². The van der Waals surface area contributed by atoms with Gasteiger partial charge in [-0.15, -0.1) is 0 Å². The molecule has 2 aromatic rings. The fourth-order valence-electron chi connectivity index (χ4n) is 1.75. The smallest absolute Gasteiger partial charge is 0.128 e. The Labute approximate surface area is 118 Å². The van der Waals surface area contributed by atoms with Crippen molar-refractivity contribution in [1.82, 2.24) is 10.4 Å². The van der Waals surface area contributed by atoms with E-state index in [1.807, 2.05) is 24.3 Å². The summed E-state index contributed by atoms with van der Waals surface area (Å²) in [6.07, 6.45) is 1.51. The number of hydrogen-bond acceptors (Lipinski definition) is 4. The molecule has 94 valence electrons. The minimum Gasteiger partial charge on any atom is -0.383 e. The van der Waals surface area contributed by atoms with Gasteiger partial charge >= 0.3 is 0 Å². The van der Waals surface area contributed by atoms with E-state index in [0.717, 1.165) is 15.6 Å². The van der Waals surface area contributed by atoms with Crippen molar-refractivity contribution in [1.29, 1.82) is 0 Å². The number of nitrogens with zero attached hydrogens (tertiary/aromatic N) is 1. The standard InChI is InChI=1S/C12H12BrClN4/c13-8-3-1-2-7(4-8)11(18-16)10-5-9(14)6-17-12(10)15/h1-6,11,18H,16H2,(H2,15,17). The van der Waals surface area contributed by atoms with Gasteiger partial charge in [0.05, 0.1) is 11.1 Å². The first-order valence-corrected chi connectivity index (χ1v) is 6.41. The van der Waals surface area contributed by atoms with Crippen molar-refractivity contribution in [2.45, 2.75) is 6.04 Å². The van der Waals surface area contributed by atoms with Gasteiger partial charge in [0, 0.05) is 16.2 Å². The van der Waals surface area contributed by atoms with Crippen LogP contribution in [0.1, 0.15) is 17.2 Å². The Bertz CT molecular complexity index is 562. The molecule has 0 spiro atoms. The lowest BCUT2D eigenvalue weighted by molar-refractivity contribution is 0.636. The second-order valence-corrected chi connectivity index (χ2v) is 5.13. The first-order chi connectivity index (χ1) is 8.61. The number of aromatic nitrogens is 1. The third-order valence-electron chi connectivity index (χ3n) is 2.58. The number of hydrazine groups is 1. The van der Waals surface area contributed by atoms with Crippen molar-refractivity contribution in [2.75, 3.05) is 5.73 Å². The quantitative estimate of drug-likeness (QED) is 0.598. The van der Waals surface area contributed by atoms with Crippen LogP contribution in [0.25, 0.3) is 0 Å². The summed E-state index contributed by atoms with van der Waals surface area (Å²) >= 11 is 9.36. The Morgan fingerprint density at radius 3 is 2.78 bits per heavy atom.